The number of nitrogens with zero attached hydrogens (tertiary/aromatic N) is 1. The number of likely N-dealkylation sites (tertiary alicyclic amines) is 1. The van der Waals surface area contributed by atoms with Crippen LogP contribution in [0.1, 0.15) is 36.7 Å². The molecular weight excluding hydrogens is 334 g/mol. The zero-order valence-electron chi connectivity index (χ0n) is 15.4. The molecule has 1 unspecified atom stereocenters. The van der Waals surface area contributed by atoms with Gasteiger partial charge in [-0.1, -0.05) is 6.42 Å². The molecule has 0 aliphatic carbocycles. The average molecular weight is 359 g/mol. The lowest BCUT2D eigenvalue weighted by Crippen LogP contribution is -2.42. The highest BCUT2D eigenvalue weighted by atomic mass is 16.5. The Morgan fingerprint density at radius 1 is 1.31 bits per heavy atom. The van der Waals surface area contributed by atoms with Crippen molar-refractivity contribution in [3.8, 4) is 5.75 Å². The van der Waals surface area contributed by atoms with Crippen LogP contribution in [0.2, 0.25) is 0 Å². The molecule has 0 spiro atoms. The van der Waals surface area contributed by atoms with Crippen molar-refractivity contribution in [1.29, 1.82) is 0 Å². The standard InChI is InChI=1S/C19H25N3O4/c1-12-6-4-5-9-22(12)11-16(23)21-17-14-10-13(25-2)7-8-15(14)20-18(17)19(24)26-3/h7-8,10,12,20H,4-6,9,11H2,1-3H3,(H,21,23). The first-order chi connectivity index (χ1) is 12.5. The topological polar surface area (TPSA) is 83.7 Å². The van der Waals surface area contributed by atoms with Crippen LogP contribution in [0.4, 0.5) is 5.69 Å². The van der Waals surface area contributed by atoms with Crippen LogP contribution in [-0.4, -0.2) is 55.1 Å². The summed E-state index contributed by atoms with van der Waals surface area (Å²) in [6.07, 6.45) is 3.41. The van der Waals surface area contributed by atoms with Gasteiger partial charge < -0.3 is 19.8 Å². The number of fused-ring (bicyclic) bond motifs is 1. The zero-order valence-corrected chi connectivity index (χ0v) is 15.4. The lowest BCUT2D eigenvalue weighted by Gasteiger charge is -2.32. The number of H-pyrrole nitrogens is 1. The van der Waals surface area contributed by atoms with Crippen molar-refractivity contribution in [3.05, 3.63) is 23.9 Å². The summed E-state index contributed by atoms with van der Waals surface area (Å²) in [5.41, 5.74) is 1.39. The third-order valence-electron chi connectivity index (χ3n) is 4.95. The van der Waals surface area contributed by atoms with E-state index in [1.165, 1.54) is 13.5 Å². The number of hydrogen-bond acceptors (Lipinski definition) is 5. The number of nitrogens with one attached hydrogen (secondary N) is 2. The van der Waals surface area contributed by atoms with Crippen LogP contribution in [0.5, 0.6) is 5.75 Å². The van der Waals surface area contributed by atoms with Gasteiger partial charge in [-0.15, -0.1) is 0 Å². The molecule has 1 aliphatic rings. The number of carbonyl (C=O) groups is 2. The number of aromatic amines is 1. The van der Waals surface area contributed by atoms with E-state index in [1.807, 2.05) is 6.07 Å². The Balaban J connectivity index is 1.88. The highest BCUT2D eigenvalue weighted by molar-refractivity contribution is 6.11. The number of anilines is 1. The van der Waals surface area contributed by atoms with Gasteiger partial charge in [0.2, 0.25) is 5.91 Å². The summed E-state index contributed by atoms with van der Waals surface area (Å²) in [7, 11) is 2.89. The third-order valence-corrected chi connectivity index (χ3v) is 4.95. The number of hydrogen-bond donors (Lipinski definition) is 2. The van der Waals surface area contributed by atoms with Gasteiger partial charge in [0.15, 0.2) is 0 Å². The number of benzene rings is 1. The number of aromatic nitrogens is 1. The van der Waals surface area contributed by atoms with Crippen LogP contribution in [0.15, 0.2) is 18.2 Å². The predicted molar refractivity (Wildman–Crippen MR) is 99.7 cm³/mol. The molecule has 1 aromatic heterocycles. The van der Waals surface area contributed by atoms with Gasteiger partial charge in [0.1, 0.15) is 11.4 Å². The summed E-state index contributed by atoms with van der Waals surface area (Å²) < 4.78 is 10.1. The summed E-state index contributed by atoms with van der Waals surface area (Å²) in [6, 6.07) is 5.78. The monoisotopic (exact) mass is 359 g/mol. The van der Waals surface area contributed by atoms with Crippen LogP contribution < -0.4 is 10.1 Å². The van der Waals surface area contributed by atoms with Crippen LogP contribution in [0, 0.1) is 0 Å². The van der Waals surface area contributed by atoms with Crippen molar-refractivity contribution in [3.63, 3.8) is 0 Å². The lowest BCUT2D eigenvalue weighted by molar-refractivity contribution is -0.118. The highest BCUT2D eigenvalue weighted by Crippen LogP contribution is 2.31. The first-order valence-electron chi connectivity index (χ1n) is 8.85. The van der Waals surface area contributed by atoms with Crippen molar-refractivity contribution in [2.75, 3.05) is 32.6 Å². The predicted octanol–water partition coefficient (Wildman–Crippen LogP) is 2.78. The molecule has 0 saturated carbocycles. The number of amides is 1. The maximum Gasteiger partial charge on any atom is 0.356 e. The molecule has 1 amide bonds. The number of carbonyl (C=O) groups excluding carboxylic acids is 2. The SMILES string of the molecule is COC(=O)c1[nH]c2ccc(OC)cc2c1NC(=O)CN1CCCCC1C. The van der Waals surface area contributed by atoms with Gasteiger partial charge in [0, 0.05) is 16.9 Å². The largest absolute Gasteiger partial charge is 0.497 e. The van der Waals surface area contributed by atoms with E-state index >= 15 is 0 Å². The average Bonchev–Trinajstić information content (AvgIpc) is 3.00. The fourth-order valence-corrected chi connectivity index (χ4v) is 3.44. The maximum absolute atomic E-state index is 12.6. The Hall–Kier alpha value is -2.54. The van der Waals surface area contributed by atoms with Crippen molar-refractivity contribution in [2.45, 2.75) is 32.2 Å². The molecule has 1 saturated heterocycles. The van der Waals surface area contributed by atoms with Gasteiger partial charge in [-0.25, -0.2) is 4.79 Å². The smallest absolute Gasteiger partial charge is 0.356 e. The van der Waals surface area contributed by atoms with Crippen LogP contribution in [-0.2, 0) is 9.53 Å². The first-order valence-corrected chi connectivity index (χ1v) is 8.85. The minimum Gasteiger partial charge on any atom is -0.497 e. The van der Waals surface area contributed by atoms with E-state index in [0.717, 1.165) is 24.9 Å². The summed E-state index contributed by atoms with van der Waals surface area (Å²) in [4.78, 5) is 30.0. The minimum absolute atomic E-state index is 0.146. The summed E-state index contributed by atoms with van der Waals surface area (Å²) >= 11 is 0. The molecule has 2 aromatic rings. The van der Waals surface area contributed by atoms with Gasteiger partial charge in [-0.2, -0.15) is 0 Å². The normalized spacial score (nSPS) is 17.9. The maximum atomic E-state index is 12.6. The molecule has 0 radical (unpaired) electrons. The quantitative estimate of drug-likeness (QED) is 0.802. The molecule has 2 N–H and O–H groups in total. The molecule has 0 bridgehead atoms. The Morgan fingerprint density at radius 3 is 2.81 bits per heavy atom. The molecular formula is C19H25N3O4. The van der Waals surface area contributed by atoms with Crippen molar-refractivity contribution in [2.24, 2.45) is 0 Å². The zero-order chi connectivity index (χ0) is 18.7. The van der Waals surface area contributed by atoms with E-state index in [1.54, 1.807) is 19.2 Å². The highest BCUT2D eigenvalue weighted by Gasteiger charge is 2.24. The fourth-order valence-electron chi connectivity index (χ4n) is 3.44. The van der Waals surface area contributed by atoms with Crippen LogP contribution >= 0.6 is 0 Å². The Kier molecular flexibility index (Phi) is 5.46. The van der Waals surface area contributed by atoms with Gasteiger partial charge in [0.25, 0.3) is 0 Å². The van der Waals surface area contributed by atoms with E-state index in [-0.39, 0.29) is 11.6 Å². The number of methoxy groups -OCH3 is 2. The van der Waals surface area contributed by atoms with Gasteiger partial charge >= 0.3 is 5.97 Å². The van der Waals surface area contributed by atoms with Gasteiger partial charge in [-0.05, 0) is 44.5 Å². The molecule has 7 heteroatoms. The molecule has 1 fully saturated rings. The van der Waals surface area contributed by atoms with E-state index in [0.29, 0.717) is 29.4 Å². The molecule has 2 heterocycles. The molecule has 140 valence electrons. The molecule has 26 heavy (non-hydrogen) atoms. The van der Waals surface area contributed by atoms with E-state index < -0.39 is 5.97 Å². The first kappa shape index (κ1) is 18.3. The number of piperidine rings is 1. The van der Waals surface area contributed by atoms with E-state index in [2.05, 4.69) is 22.1 Å². The second kappa shape index (κ2) is 7.78. The minimum atomic E-state index is -0.526. The Labute approximate surface area is 152 Å². The number of rotatable bonds is 5. The summed E-state index contributed by atoms with van der Waals surface area (Å²) in [5.74, 6) is -0.0255. The molecule has 7 nitrogen and oxygen atoms in total. The van der Waals surface area contributed by atoms with E-state index in [4.69, 9.17) is 9.47 Å². The van der Waals surface area contributed by atoms with Crippen molar-refractivity contribution in [1.82, 2.24) is 9.88 Å². The molecule has 3 rings (SSSR count). The van der Waals surface area contributed by atoms with Crippen molar-refractivity contribution < 1.29 is 19.1 Å². The number of esters is 1. The Morgan fingerprint density at radius 2 is 2.12 bits per heavy atom. The van der Waals surface area contributed by atoms with Gasteiger partial charge in [-0.3, -0.25) is 9.69 Å². The molecule has 1 aliphatic heterocycles. The molecule has 1 atom stereocenters. The lowest BCUT2D eigenvalue weighted by atomic mass is 10.0. The van der Waals surface area contributed by atoms with Gasteiger partial charge in [0.05, 0.1) is 26.5 Å². The second-order valence-corrected chi connectivity index (χ2v) is 6.64. The summed E-state index contributed by atoms with van der Waals surface area (Å²) in [6.45, 7) is 3.36. The van der Waals surface area contributed by atoms with Crippen molar-refractivity contribution >= 4 is 28.5 Å². The molecule has 1 aromatic carbocycles. The van der Waals surface area contributed by atoms with Crippen LogP contribution in [0.3, 0.4) is 0 Å². The Bertz CT molecular complexity index is 814. The fraction of sp³-hybridized carbons (Fsp3) is 0.474. The summed E-state index contributed by atoms with van der Waals surface area (Å²) in [5, 5.41) is 3.61. The van der Waals surface area contributed by atoms with Crippen LogP contribution in [0.25, 0.3) is 10.9 Å². The number of ether oxygens (including phenoxy) is 2. The van der Waals surface area contributed by atoms with E-state index in [9.17, 15) is 9.59 Å². The second-order valence-electron chi connectivity index (χ2n) is 6.64. The third kappa shape index (κ3) is 3.67.